The first kappa shape index (κ1) is 20.9. The molecule has 1 saturated heterocycles. The number of halogens is 1. The molecule has 1 atom stereocenters. The molecule has 166 valence electrons. The zero-order chi connectivity index (χ0) is 22.6. The van der Waals surface area contributed by atoms with Gasteiger partial charge >= 0.3 is 0 Å². The van der Waals surface area contributed by atoms with Gasteiger partial charge in [-0.05, 0) is 30.7 Å². The second kappa shape index (κ2) is 7.56. The summed E-state index contributed by atoms with van der Waals surface area (Å²) < 4.78 is 28.3. The first-order valence-electron chi connectivity index (χ1n) is 10.1. The van der Waals surface area contributed by atoms with E-state index in [1.807, 2.05) is 17.0 Å². The van der Waals surface area contributed by atoms with Crippen LogP contribution in [0.3, 0.4) is 0 Å². The third-order valence-corrected chi connectivity index (χ3v) is 7.10. The average molecular weight is 473 g/mol. The number of hydrogen-bond acceptors (Lipinski definition) is 6. The van der Waals surface area contributed by atoms with Gasteiger partial charge in [-0.1, -0.05) is 11.6 Å². The van der Waals surface area contributed by atoms with Crippen molar-refractivity contribution < 1.29 is 13.2 Å². The van der Waals surface area contributed by atoms with Crippen molar-refractivity contribution in [2.75, 3.05) is 19.3 Å². The van der Waals surface area contributed by atoms with Crippen LogP contribution in [0.15, 0.2) is 41.7 Å². The SMILES string of the molecule is CC(=O)N1CCC(n2c(Cn3nc(S(C)(=O)=O)c4ccncc43)nc3cc(Cl)ccc32)C1. The zero-order valence-corrected chi connectivity index (χ0v) is 19.1. The molecule has 32 heavy (non-hydrogen) atoms. The molecule has 0 spiro atoms. The van der Waals surface area contributed by atoms with Crippen LogP contribution >= 0.6 is 11.6 Å². The van der Waals surface area contributed by atoms with E-state index in [-0.39, 0.29) is 23.5 Å². The van der Waals surface area contributed by atoms with E-state index in [0.717, 1.165) is 23.7 Å². The Balaban J connectivity index is 1.65. The standard InChI is InChI=1S/C21H21ClN6O3S/c1-13(29)26-8-6-15(11-26)28-18-4-3-14(22)9-17(18)24-20(28)12-27-19-10-23-7-5-16(19)21(25-27)32(2,30)31/h3-5,7,9-10,15H,6,8,11-12H2,1-2H3. The van der Waals surface area contributed by atoms with Crippen LogP contribution in [0.4, 0.5) is 0 Å². The number of carbonyl (C=O) groups excluding carboxylic acids is 1. The van der Waals surface area contributed by atoms with Gasteiger partial charge in [-0.25, -0.2) is 13.4 Å². The van der Waals surface area contributed by atoms with Crippen LogP contribution < -0.4 is 0 Å². The van der Waals surface area contributed by atoms with E-state index in [1.54, 1.807) is 36.1 Å². The molecule has 4 heterocycles. The number of hydrogen-bond donors (Lipinski definition) is 0. The smallest absolute Gasteiger partial charge is 0.219 e. The minimum atomic E-state index is -3.52. The molecule has 11 heteroatoms. The highest BCUT2D eigenvalue weighted by molar-refractivity contribution is 7.90. The van der Waals surface area contributed by atoms with Gasteiger partial charge in [0.2, 0.25) is 5.91 Å². The number of fused-ring (bicyclic) bond motifs is 2. The Bertz CT molecular complexity index is 1480. The molecule has 5 rings (SSSR count). The summed E-state index contributed by atoms with van der Waals surface area (Å²) in [6, 6.07) is 7.25. The van der Waals surface area contributed by atoms with Crippen molar-refractivity contribution in [3.8, 4) is 0 Å². The molecule has 0 radical (unpaired) electrons. The number of imidazole rings is 1. The minimum absolute atomic E-state index is 0.0178. The Hall–Kier alpha value is -2.98. The van der Waals surface area contributed by atoms with Crippen LogP contribution in [-0.2, 0) is 21.2 Å². The molecule has 1 aromatic carbocycles. The highest BCUT2D eigenvalue weighted by Gasteiger charge is 2.29. The molecule has 1 unspecified atom stereocenters. The zero-order valence-electron chi connectivity index (χ0n) is 17.6. The van der Waals surface area contributed by atoms with E-state index in [1.165, 1.54) is 0 Å². The average Bonchev–Trinajstić information content (AvgIpc) is 3.43. The second-order valence-electron chi connectivity index (χ2n) is 8.07. The number of nitrogens with zero attached hydrogens (tertiary/aromatic N) is 6. The molecular weight excluding hydrogens is 452 g/mol. The largest absolute Gasteiger partial charge is 0.341 e. The monoisotopic (exact) mass is 472 g/mol. The van der Waals surface area contributed by atoms with E-state index in [2.05, 4.69) is 14.6 Å². The summed E-state index contributed by atoms with van der Waals surface area (Å²) in [6.07, 6.45) is 5.10. The molecule has 1 fully saturated rings. The topological polar surface area (TPSA) is 103 Å². The number of benzene rings is 1. The first-order chi connectivity index (χ1) is 15.2. The maximum Gasteiger partial charge on any atom is 0.219 e. The third-order valence-electron chi connectivity index (χ3n) is 5.86. The molecule has 9 nitrogen and oxygen atoms in total. The predicted molar refractivity (Wildman–Crippen MR) is 120 cm³/mol. The lowest BCUT2D eigenvalue weighted by molar-refractivity contribution is -0.127. The van der Waals surface area contributed by atoms with E-state index in [4.69, 9.17) is 16.6 Å². The highest BCUT2D eigenvalue weighted by Crippen LogP contribution is 2.31. The van der Waals surface area contributed by atoms with Crippen LogP contribution in [-0.4, -0.2) is 62.9 Å². The Labute approximate surface area is 189 Å². The molecule has 4 aromatic rings. The summed E-state index contributed by atoms with van der Waals surface area (Å²) >= 11 is 6.20. The van der Waals surface area contributed by atoms with Crippen LogP contribution in [0.25, 0.3) is 21.9 Å². The maximum atomic E-state index is 12.3. The molecule has 0 saturated carbocycles. The summed E-state index contributed by atoms with van der Waals surface area (Å²) in [4.78, 5) is 22.7. The first-order valence-corrected chi connectivity index (χ1v) is 12.4. The molecule has 1 aliphatic heterocycles. The van der Waals surface area contributed by atoms with Crippen molar-refractivity contribution in [2.45, 2.75) is 31.0 Å². The molecule has 3 aromatic heterocycles. The lowest BCUT2D eigenvalue weighted by Gasteiger charge is -2.18. The number of sulfone groups is 1. The Morgan fingerprint density at radius 1 is 1.25 bits per heavy atom. The van der Waals surface area contributed by atoms with Crippen molar-refractivity contribution in [3.63, 3.8) is 0 Å². The summed E-state index contributed by atoms with van der Waals surface area (Å²) in [7, 11) is -3.52. The van der Waals surface area contributed by atoms with Gasteiger partial charge in [0.15, 0.2) is 14.9 Å². The third kappa shape index (κ3) is 3.53. The van der Waals surface area contributed by atoms with E-state index in [9.17, 15) is 13.2 Å². The number of pyridine rings is 1. The van der Waals surface area contributed by atoms with Crippen molar-refractivity contribution in [3.05, 3.63) is 47.5 Å². The van der Waals surface area contributed by atoms with Gasteiger partial charge in [-0.15, -0.1) is 0 Å². The van der Waals surface area contributed by atoms with Crippen LogP contribution in [0.2, 0.25) is 5.02 Å². The fourth-order valence-corrected chi connectivity index (χ4v) is 5.38. The van der Waals surface area contributed by atoms with Gasteiger partial charge < -0.3 is 9.47 Å². The number of aromatic nitrogens is 5. The number of rotatable bonds is 4. The van der Waals surface area contributed by atoms with E-state index in [0.29, 0.717) is 34.8 Å². The molecule has 0 aliphatic carbocycles. The maximum absolute atomic E-state index is 12.3. The fourth-order valence-electron chi connectivity index (χ4n) is 4.40. The number of amides is 1. The van der Waals surface area contributed by atoms with Crippen LogP contribution in [0.1, 0.15) is 25.2 Å². The molecule has 1 amide bonds. The van der Waals surface area contributed by atoms with Gasteiger partial charge in [0.1, 0.15) is 5.82 Å². The van der Waals surface area contributed by atoms with Gasteiger partial charge in [0.25, 0.3) is 0 Å². The van der Waals surface area contributed by atoms with E-state index < -0.39 is 9.84 Å². The molecular formula is C21H21ClN6O3S. The van der Waals surface area contributed by atoms with Crippen molar-refractivity contribution in [1.29, 1.82) is 0 Å². The minimum Gasteiger partial charge on any atom is -0.341 e. The number of carbonyl (C=O) groups is 1. The fraction of sp³-hybridized carbons (Fsp3) is 0.333. The lowest BCUT2D eigenvalue weighted by atomic mass is 10.2. The van der Waals surface area contributed by atoms with Crippen molar-refractivity contribution >= 4 is 49.3 Å². The van der Waals surface area contributed by atoms with Crippen LogP contribution in [0.5, 0.6) is 0 Å². The Morgan fingerprint density at radius 2 is 2.06 bits per heavy atom. The molecule has 0 bridgehead atoms. The predicted octanol–water partition coefficient (Wildman–Crippen LogP) is 2.68. The van der Waals surface area contributed by atoms with Crippen LogP contribution in [0, 0.1) is 0 Å². The summed E-state index contributed by atoms with van der Waals surface area (Å²) in [5.41, 5.74) is 2.27. The molecule has 0 N–H and O–H groups in total. The lowest BCUT2D eigenvalue weighted by Crippen LogP contribution is -2.27. The van der Waals surface area contributed by atoms with Gasteiger partial charge in [-0.3, -0.25) is 14.5 Å². The van der Waals surface area contributed by atoms with Crippen molar-refractivity contribution in [2.24, 2.45) is 0 Å². The van der Waals surface area contributed by atoms with Gasteiger partial charge in [-0.2, -0.15) is 5.10 Å². The summed E-state index contributed by atoms with van der Waals surface area (Å²) in [5, 5.41) is 5.52. The van der Waals surface area contributed by atoms with Crippen molar-refractivity contribution in [1.82, 2.24) is 29.2 Å². The van der Waals surface area contributed by atoms with E-state index >= 15 is 0 Å². The number of likely N-dealkylation sites (tertiary alicyclic amines) is 1. The quantitative estimate of drug-likeness (QED) is 0.452. The Morgan fingerprint density at radius 3 is 2.78 bits per heavy atom. The normalized spacial score (nSPS) is 17.0. The molecule has 1 aliphatic rings. The summed E-state index contributed by atoms with van der Waals surface area (Å²) in [5.74, 6) is 0.759. The highest BCUT2D eigenvalue weighted by atomic mass is 35.5. The second-order valence-corrected chi connectivity index (χ2v) is 10.4. The van der Waals surface area contributed by atoms with Gasteiger partial charge in [0, 0.05) is 42.9 Å². The summed E-state index contributed by atoms with van der Waals surface area (Å²) in [6.45, 7) is 3.09. The Kier molecular flexibility index (Phi) is 4.94. The van der Waals surface area contributed by atoms with Gasteiger partial charge in [0.05, 0.1) is 35.3 Å².